The Balaban J connectivity index is 0.00000220. The molecular formula is C20H29N. The number of hydrogen-bond acceptors (Lipinski definition) is 1. The fourth-order valence-electron chi connectivity index (χ4n) is 2.54. The molecule has 0 aliphatic carbocycles. The third-order valence-electron chi connectivity index (χ3n) is 4.13. The highest BCUT2D eigenvalue weighted by Gasteiger charge is 2.22. The van der Waals surface area contributed by atoms with Gasteiger partial charge in [0.25, 0.3) is 0 Å². The van der Waals surface area contributed by atoms with Crippen LogP contribution in [0.4, 0.5) is 5.69 Å². The summed E-state index contributed by atoms with van der Waals surface area (Å²) in [5, 5.41) is 0. The molecule has 0 aromatic heterocycles. The summed E-state index contributed by atoms with van der Waals surface area (Å²) in [6.07, 6.45) is 3.69. The molecule has 2 rings (SSSR count). The molecule has 0 unspecified atom stereocenters. The maximum absolute atomic E-state index is 5.77. The lowest BCUT2D eigenvalue weighted by Crippen LogP contribution is -2.18. The third kappa shape index (κ3) is 4.10. The fourth-order valence-corrected chi connectivity index (χ4v) is 2.54. The van der Waals surface area contributed by atoms with Crippen LogP contribution in [0.2, 0.25) is 0 Å². The molecular weight excluding hydrogens is 254 g/mol. The summed E-state index contributed by atoms with van der Waals surface area (Å²) in [5.41, 5.74) is 10.7. The second-order valence-corrected chi connectivity index (χ2v) is 6.05. The van der Waals surface area contributed by atoms with Crippen molar-refractivity contribution in [2.45, 2.75) is 52.9 Å². The van der Waals surface area contributed by atoms with Crippen molar-refractivity contribution in [3.63, 3.8) is 0 Å². The highest BCUT2D eigenvalue weighted by Crippen LogP contribution is 2.32. The molecule has 0 fully saturated rings. The summed E-state index contributed by atoms with van der Waals surface area (Å²) >= 11 is 0. The number of rotatable bonds is 5. The molecule has 0 atom stereocenters. The Morgan fingerprint density at radius 2 is 1.33 bits per heavy atom. The van der Waals surface area contributed by atoms with Crippen LogP contribution < -0.4 is 5.73 Å². The molecule has 2 aromatic carbocycles. The molecule has 0 bridgehead atoms. The Morgan fingerprint density at radius 3 is 1.81 bits per heavy atom. The van der Waals surface area contributed by atoms with Gasteiger partial charge in [-0.05, 0) is 41.7 Å². The van der Waals surface area contributed by atoms with Crippen molar-refractivity contribution in [3.8, 4) is 0 Å². The molecule has 0 heterocycles. The van der Waals surface area contributed by atoms with Crippen molar-refractivity contribution in [2.75, 3.05) is 5.73 Å². The molecule has 0 saturated carbocycles. The van der Waals surface area contributed by atoms with E-state index in [2.05, 4.69) is 57.2 Å². The van der Waals surface area contributed by atoms with Crippen molar-refractivity contribution < 1.29 is 0 Å². The number of nitrogen functional groups attached to an aromatic ring is 1. The monoisotopic (exact) mass is 283 g/mol. The second kappa shape index (κ2) is 7.31. The number of hydrogen-bond donors (Lipinski definition) is 1. The van der Waals surface area contributed by atoms with E-state index in [-0.39, 0.29) is 12.8 Å². The third-order valence-corrected chi connectivity index (χ3v) is 4.13. The average molecular weight is 283 g/mol. The minimum Gasteiger partial charge on any atom is -0.399 e. The van der Waals surface area contributed by atoms with Gasteiger partial charge in [0.05, 0.1) is 0 Å². The highest BCUT2D eigenvalue weighted by atomic mass is 14.5. The van der Waals surface area contributed by atoms with Crippen LogP contribution in [0, 0.1) is 0 Å². The van der Waals surface area contributed by atoms with Crippen molar-refractivity contribution in [2.24, 2.45) is 0 Å². The van der Waals surface area contributed by atoms with Gasteiger partial charge in [-0.2, -0.15) is 0 Å². The van der Waals surface area contributed by atoms with Crippen molar-refractivity contribution in [1.29, 1.82) is 0 Å². The Kier molecular flexibility index (Phi) is 6.02. The van der Waals surface area contributed by atoms with E-state index < -0.39 is 0 Å². The van der Waals surface area contributed by atoms with Gasteiger partial charge in [0.1, 0.15) is 0 Å². The summed E-state index contributed by atoms with van der Waals surface area (Å²) < 4.78 is 0. The van der Waals surface area contributed by atoms with Gasteiger partial charge in [-0.1, -0.05) is 71.0 Å². The minimum absolute atomic E-state index is 0. The number of unbranched alkanes of at least 4 members (excludes halogenated alkanes) is 1. The predicted molar refractivity (Wildman–Crippen MR) is 94.8 cm³/mol. The van der Waals surface area contributed by atoms with Crippen LogP contribution in [0.15, 0.2) is 48.5 Å². The zero-order valence-corrected chi connectivity index (χ0v) is 12.8. The summed E-state index contributed by atoms with van der Waals surface area (Å²) in [4.78, 5) is 0. The molecule has 0 radical (unpaired) electrons. The zero-order valence-electron chi connectivity index (χ0n) is 12.8. The molecule has 1 nitrogen and oxygen atoms in total. The lowest BCUT2D eigenvalue weighted by atomic mass is 9.78. The Labute approximate surface area is 130 Å². The lowest BCUT2D eigenvalue weighted by Gasteiger charge is -2.26. The van der Waals surface area contributed by atoms with Gasteiger partial charge in [-0.15, -0.1) is 0 Å². The molecule has 0 saturated heterocycles. The van der Waals surface area contributed by atoms with Gasteiger partial charge in [0, 0.05) is 11.1 Å². The van der Waals surface area contributed by atoms with Crippen molar-refractivity contribution in [3.05, 3.63) is 65.2 Å². The van der Waals surface area contributed by atoms with E-state index >= 15 is 0 Å². The molecule has 114 valence electrons. The first-order chi connectivity index (χ1) is 9.54. The topological polar surface area (TPSA) is 26.0 Å². The fraction of sp³-hybridized carbons (Fsp3) is 0.400. The zero-order chi connectivity index (χ0) is 14.6. The first kappa shape index (κ1) is 17.3. The van der Waals surface area contributed by atoms with E-state index in [0.29, 0.717) is 0 Å². The van der Waals surface area contributed by atoms with Crippen LogP contribution in [-0.2, 0) is 11.8 Å². The first-order valence-corrected chi connectivity index (χ1v) is 7.49. The molecule has 0 aliphatic heterocycles. The van der Waals surface area contributed by atoms with Crippen LogP contribution in [-0.4, -0.2) is 0 Å². The summed E-state index contributed by atoms with van der Waals surface area (Å²) in [6.45, 7) is 6.76. The number of aryl methyl sites for hydroxylation is 1. The van der Waals surface area contributed by atoms with Crippen LogP contribution in [0.3, 0.4) is 0 Å². The summed E-state index contributed by atoms with van der Waals surface area (Å²) in [6, 6.07) is 17.3. The maximum Gasteiger partial charge on any atom is 0.0314 e. The largest absolute Gasteiger partial charge is 0.399 e. The Hall–Kier alpha value is -1.76. The molecule has 1 heteroatoms. The normalized spacial score (nSPS) is 11.0. The van der Waals surface area contributed by atoms with Crippen LogP contribution in [0.1, 0.15) is 57.7 Å². The van der Waals surface area contributed by atoms with Gasteiger partial charge in [-0.25, -0.2) is 0 Å². The summed E-state index contributed by atoms with van der Waals surface area (Å²) in [5.74, 6) is 0. The van der Waals surface area contributed by atoms with Gasteiger partial charge in [0.2, 0.25) is 0 Å². The number of benzene rings is 2. The average Bonchev–Trinajstić information content (AvgIpc) is 2.46. The highest BCUT2D eigenvalue weighted by molar-refractivity contribution is 5.45. The molecule has 2 aromatic rings. The Bertz CT molecular complexity index is 535. The smallest absolute Gasteiger partial charge is 0.0314 e. The van der Waals surface area contributed by atoms with Gasteiger partial charge >= 0.3 is 0 Å². The lowest BCUT2D eigenvalue weighted by molar-refractivity contribution is 0.640. The summed E-state index contributed by atoms with van der Waals surface area (Å²) in [7, 11) is 0. The van der Waals surface area contributed by atoms with E-state index in [9.17, 15) is 0 Å². The van der Waals surface area contributed by atoms with Crippen LogP contribution in [0.5, 0.6) is 0 Å². The van der Waals surface area contributed by atoms with E-state index in [1.165, 1.54) is 36.0 Å². The molecule has 0 spiro atoms. The maximum atomic E-state index is 5.77. The minimum atomic E-state index is 0. The van der Waals surface area contributed by atoms with E-state index in [4.69, 9.17) is 5.73 Å². The molecule has 0 aliphatic rings. The van der Waals surface area contributed by atoms with Crippen molar-refractivity contribution >= 4 is 5.69 Å². The first-order valence-electron chi connectivity index (χ1n) is 7.49. The second-order valence-electron chi connectivity index (χ2n) is 6.05. The Morgan fingerprint density at radius 1 is 0.857 bits per heavy atom. The SMILES string of the molecule is C.CCCCc1ccc(C(C)(C)c2ccc(N)cc2)cc1. The van der Waals surface area contributed by atoms with Gasteiger partial charge in [-0.3, -0.25) is 0 Å². The number of nitrogens with two attached hydrogens (primary N) is 1. The number of anilines is 1. The van der Waals surface area contributed by atoms with E-state index in [1.54, 1.807) is 0 Å². The molecule has 21 heavy (non-hydrogen) atoms. The predicted octanol–water partition coefficient (Wildman–Crippen LogP) is 5.57. The van der Waals surface area contributed by atoms with Gasteiger partial charge < -0.3 is 5.73 Å². The quantitative estimate of drug-likeness (QED) is 0.713. The molecule has 0 amide bonds. The van der Waals surface area contributed by atoms with Gasteiger partial charge in [0.15, 0.2) is 0 Å². The molecule has 2 N–H and O–H groups in total. The van der Waals surface area contributed by atoms with E-state index in [1.807, 2.05) is 12.1 Å². The van der Waals surface area contributed by atoms with Crippen LogP contribution in [0.25, 0.3) is 0 Å². The van der Waals surface area contributed by atoms with Crippen LogP contribution >= 0.6 is 0 Å². The van der Waals surface area contributed by atoms with Crippen molar-refractivity contribution in [1.82, 2.24) is 0 Å². The van der Waals surface area contributed by atoms with E-state index in [0.717, 1.165) is 5.69 Å². The standard InChI is InChI=1S/C19H25N.CH4/c1-4-5-6-15-7-9-16(10-8-15)19(2,3)17-11-13-18(20)14-12-17;/h7-14H,4-6,20H2,1-3H3;1H4.